The van der Waals surface area contributed by atoms with E-state index in [0.717, 1.165) is 18.4 Å². The lowest BCUT2D eigenvalue weighted by atomic mass is 9.75. The fourth-order valence-electron chi connectivity index (χ4n) is 4.08. The van der Waals surface area contributed by atoms with Gasteiger partial charge in [-0.3, -0.25) is 9.59 Å². The third kappa shape index (κ3) is 3.89. The summed E-state index contributed by atoms with van der Waals surface area (Å²) in [7, 11) is 0. The number of halogens is 2. The molecule has 0 bridgehead atoms. The molecule has 4 nitrogen and oxygen atoms in total. The number of benzene rings is 2. The molecule has 6 heteroatoms. The van der Waals surface area contributed by atoms with E-state index in [-0.39, 0.29) is 11.6 Å². The van der Waals surface area contributed by atoms with Gasteiger partial charge in [-0.2, -0.15) is 0 Å². The maximum Gasteiger partial charge on any atom is 0.179 e. The highest BCUT2D eigenvalue weighted by Gasteiger charge is 2.53. The van der Waals surface area contributed by atoms with Crippen LogP contribution in [0.2, 0.25) is 10.0 Å². The number of hydrogen-bond acceptors (Lipinski definition) is 4. The molecule has 0 radical (unpaired) electrons. The highest BCUT2D eigenvalue weighted by Crippen LogP contribution is 2.48. The Kier molecular flexibility index (Phi) is 5.24. The van der Waals surface area contributed by atoms with Crippen LogP contribution < -0.4 is 4.74 Å². The smallest absolute Gasteiger partial charge is 0.179 e. The first-order chi connectivity index (χ1) is 14.0. The average Bonchev–Trinajstić information content (AvgIpc) is 3.47. The van der Waals surface area contributed by atoms with E-state index in [4.69, 9.17) is 32.7 Å². The molecule has 0 unspecified atom stereocenters. The van der Waals surface area contributed by atoms with Gasteiger partial charge in [-0.1, -0.05) is 35.3 Å². The first kappa shape index (κ1) is 21.4. The van der Waals surface area contributed by atoms with Crippen LogP contribution >= 0.6 is 23.2 Å². The molecular formula is C24H24Cl2O4. The molecule has 0 N–H and O–H groups in total. The molecule has 158 valence electrons. The first-order valence-corrected chi connectivity index (χ1v) is 10.8. The zero-order valence-electron chi connectivity index (χ0n) is 17.4. The van der Waals surface area contributed by atoms with Crippen LogP contribution in [0.5, 0.6) is 11.5 Å². The summed E-state index contributed by atoms with van der Waals surface area (Å²) in [5, 5.41) is 0.918. The lowest BCUT2D eigenvalue weighted by molar-refractivity contribution is -0.184. The van der Waals surface area contributed by atoms with Crippen LogP contribution in [0.1, 0.15) is 63.5 Å². The zero-order chi connectivity index (χ0) is 21.8. The minimum atomic E-state index is -1.06. The molecule has 2 aromatic carbocycles. The lowest BCUT2D eigenvalue weighted by Gasteiger charge is -2.42. The minimum Gasteiger partial charge on any atom is -0.455 e. The molecular weight excluding hydrogens is 423 g/mol. The molecule has 0 aromatic heterocycles. The van der Waals surface area contributed by atoms with Crippen molar-refractivity contribution < 1.29 is 19.1 Å². The van der Waals surface area contributed by atoms with E-state index in [1.54, 1.807) is 52.0 Å². The van der Waals surface area contributed by atoms with Gasteiger partial charge in [0.1, 0.15) is 28.6 Å². The summed E-state index contributed by atoms with van der Waals surface area (Å²) in [6.07, 6.45) is 2.17. The van der Waals surface area contributed by atoms with Crippen molar-refractivity contribution in [3.63, 3.8) is 0 Å². The molecule has 30 heavy (non-hydrogen) atoms. The van der Waals surface area contributed by atoms with Gasteiger partial charge in [-0.25, -0.2) is 0 Å². The topological polar surface area (TPSA) is 52.6 Å². The first-order valence-electron chi connectivity index (χ1n) is 10.0. The van der Waals surface area contributed by atoms with Crippen molar-refractivity contribution in [3.8, 4) is 11.5 Å². The predicted molar refractivity (Wildman–Crippen MR) is 117 cm³/mol. The van der Waals surface area contributed by atoms with E-state index in [1.807, 2.05) is 12.1 Å². The maximum absolute atomic E-state index is 13.1. The van der Waals surface area contributed by atoms with Crippen LogP contribution in [0.4, 0.5) is 0 Å². The lowest BCUT2D eigenvalue weighted by Crippen LogP contribution is -2.57. The van der Waals surface area contributed by atoms with Crippen LogP contribution in [-0.4, -0.2) is 22.8 Å². The van der Waals surface area contributed by atoms with E-state index < -0.39 is 17.1 Å². The number of hydrogen-bond donors (Lipinski definition) is 0. The van der Waals surface area contributed by atoms with Gasteiger partial charge in [-0.05, 0) is 81.8 Å². The Morgan fingerprint density at radius 3 is 2.10 bits per heavy atom. The van der Waals surface area contributed by atoms with Gasteiger partial charge in [0.15, 0.2) is 11.6 Å². The van der Waals surface area contributed by atoms with Crippen LogP contribution in [-0.2, 0) is 14.3 Å². The number of Topliss-reactive ketones (excluding diaryl/α,β-unsaturated/α-hetero) is 2. The Morgan fingerprint density at radius 1 is 0.900 bits per heavy atom. The minimum absolute atomic E-state index is 0.249. The number of carbonyl (C=O) groups is 2. The summed E-state index contributed by atoms with van der Waals surface area (Å²) in [6.45, 7) is 6.83. The van der Waals surface area contributed by atoms with Crippen molar-refractivity contribution in [1.29, 1.82) is 0 Å². The Labute approximate surface area is 186 Å². The van der Waals surface area contributed by atoms with Crippen molar-refractivity contribution in [1.82, 2.24) is 0 Å². The van der Waals surface area contributed by atoms with Crippen molar-refractivity contribution in [2.24, 2.45) is 0 Å². The van der Waals surface area contributed by atoms with Gasteiger partial charge < -0.3 is 9.47 Å². The second kappa shape index (κ2) is 7.37. The van der Waals surface area contributed by atoms with E-state index in [0.29, 0.717) is 33.0 Å². The number of ether oxygens (including phenoxy) is 2. The Hall–Kier alpha value is -1.88. The second-order valence-electron chi connectivity index (χ2n) is 9.03. The maximum atomic E-state index is 13.1. The summed E-state index contributed by atoms with van der Waals surface area (Å²) in [6, 6.07) is 10.7. The summed E-state index contributed by atoms with van der Waals surface area (Å²) in [5.41, 5.74) is -0.454. The molecule has 1 aliphatic heterocycles. The fourth-order valence-corrected chi connectivity index (χ4v) is 4.53. The molecule has 0 spiro atoms. The zero-order valence-corrected chi connectivity index (χ0v) is 18.9. The third-order valence-electron chi connectivity index (χ3n) is 5.72. The molecule has 4 rings (SSSR count). The summed E-state index contributed by atoms with van der Waals surface area (Å²) in [5.74, 6) is 0.101. The van der Waals surface area contributed by atoms with Crippen molar-refractivity contribution in [2.45, 2.75) is 63.6 Å². The SMILES string of the molecule is CC1(C)OC(C)(C)C(=O)C(c2ccc(C3CC3)c(Oc3ccc(Cl)cc3Cl)c2)C1=O. The van der Waals surface area contributed by atoms with Crippen molar-refractivity contribution in [3.05, 3.63) is 57.6 Å². The van der Waals surface area contributed by atoms with Gasteiger partial charge in [-0.15, -0.1) is 0 Å². The predicted octanol–water partition coefficient (Wildman–Crippen LogP) is 6.47. The van der Waals surface area contributed by atoms with Crippen LogP contribution in [0.15, 0.2) is 36.4 Å². The van der Waals surface area contributed by atoms with Gasteiger partial charge in [0.2, 0.25) is 0 Å². The normalized spacial score (nSPS) is 21.0. The molecule has 1 heterocycles. The molecule has 2 fully saturated rings. The van der Waals surface area contributed by atoms with E-state index in [2.05, 4.69) is 0 Å². The number of carbonyl (C=O) groups excluding carboxylic acids is 2. The summed E-state index contributed by atoms with van der Waals surface area (Å²) >= 11 is 12.3. The molecule has 1 aliphatic carbocycles. The van der Waals surface area contributed by atoms with Crippen LogP contribution in [0, 0.1) is 0 Å². The van der Waals surface area contributed by atoms with Gasteiger partial charge in [0, 0.05) is 5.02 Å². The van der Waals surface area contributed by atoms with Crippen LogP contribution in [0.25, 0.3) is 0 Å². The highest BCUT2D eigenvalue weighted by atomic mass is 35.5. The molecule has 2 aliphatic rings. The highest BCUT2D eigenvalue weighted by molar-refractivity contribution is 6.35. The van der Waals surface area contributed by atoms with Gasteiger partial charge in [0.25, 0.3) is 0 Å². The Bertz CT molecular complexity index is 1010. The largest absolute Gasteiger partial charge is 0.455 e. The molecule has 1 saturated carbocycles. The molecule has 1 saturated heterocycles. The molecule has 2 aromatic rings. The Balaban J connectivity index is 1.77. The fraction of sp³-hybridized carbons (Fsp3) is 0.417. The summed E-state index contributed by atoms with van der Waals surface area (Å²) < 4.78 is 12.0. The standard InChI is InChI=1S/C24H24Cl2O4/c1-23(2)21(27)20(22(28)24(3,4)30-23)14-7-9-16(13-5-6-13)19(11-14)29-18-10-8-15(25)12-17(18)26/h7-13,20H,5-6H2,1-4H3. The summed E-state index contributed by atoms with van der Waals surface area (Å²) in [4.78, 5) is 26.2. The third-order valence-corrected chi connectivity index (χ3v) is 6.25. The van der Waals surface area contributed by atoms with Gasteiger partial charge >= 0.3 is 0 Å². The van der Waals surface area contributed by atoms with E-state index in [1.165, 1.54) is 0 Å². The van der Waals surface area contributed by atoms with Crippen LogP contribution in [0.3, 0.4) is 0 Å². The van der Waals surface area contributed by atoms with Crippen molar-refractivity contribution >= 4 is 34.8 Å². The monoisotopic (exact) mass is 446 g/mol. The van der Waals surface area contributed by atoms with E-state index >= 15 is 0 Å². The number of ketones is 2. The van der Waals surface area contributed by atoms with Gasteiger partial charge in [0.05, 0.1) is 5.02 Å². The Morgan fingerprint density at radius 2 is 1.53 bits per heavy atom. The second-order valence-corrected chi connectivity index (χ2v) is 9.88. The average molecular weight is 447 g/mol. The molecule has 0 atom stereocenters. The van der Waals surface area contributed by atoms with E-state index in [9.17, 15) is 9.59 Å². The quantitative estimate of drug-likeness (QED) is 0.504. The number of rotatable bonds is 4. The van der Waals surface area contributed by atoms with Crippen molar-refractivity contribution in [2.75, 3.05) is 0 Å². The molecule has 0 amide bonds.